The minimum atomic E-state index is -0.268. The highest BCUT2D eigenvalue weighted by Gasteiger charge is 2.31. The normalized spacial score (nSPS) is 16.7. The van der Waals surface area contributed by atoms with Gasteiger partial charge < -0.3 is 5.11 Å². The van der Waals surface area contributed by atoms with Crippen molar-refractivity contribution in [2.24, 2.45) is 5.10 Å². The van der Waals surface area contributed by atoms with E-state index < -0.39 is 0 Å². The van der Waals surface area contributed by atoms with Gasteiger partial charge in [-0.2, -0.15) is 10.1 Å². The van der Waals surface area contributed by atoms with Crippen LogP contribution < -0.4 is 0 Å². The molecule has 2 aromatic rings. The standard InChI is InChI=1S/C17H12N2O2S2/c20-14-8-4-7-13(9-14)10-15-16(21)19(17(22)23-15)18-11-12-5-2-1-3-6-12/h1-11,20H/b15-10+,18-11+. The molecule has 1 heterocycles. The Hall–Kier alpha value is -2.44. The third kappa shape index (κ3) is 3.67. The summed E-state index contributed by atoms with van der Waals surface area (Å²) in [5.74, 6) is -0.119. The van der Waals surface area contributed by atoms with Gasteiger partial charge in [-0.05, 0) is 41.6 Å². The molecule has 23 heavy (non-hydrogen) atoms. The first-order chi connectivity index (χ1) is 11.1. The summed E-state index contributed by atoms with van der Waals surface area (Å²) in [6.45, 7) is 0. The zero-order valence-corrected chi connectivity index (χ0v) is 13.6. The maximum Gasteiger partial charge on any atom is 0.286 e. The molecular weight excluding hydrogens is 328 g/mol. The summed E-state index contributed by atoms with van der Waals surface area (Å²) in [5, 5.41) is 14.9. The van der Waals surface area contributed by atoms with Crippen molar-refractivity contribution in [3.05, 3.63) is 70.6 Å². The first kappa shape index (κ1) is 15.5. The Kier molecular flexibility index (Phi) is 4.55. The number of nitrogens with zero attached hydrogens (tertiary/aromatic N) is 2. The van der Waals surface area contributed by atoms with Crippen molar-refractivity contribution in [1.29, 1.82) is 0 Å². The van der Waals surface area contributed by atoms with Crippen molar-refractivity contribution in [3.8, 4) is 5.75 Å². The van der Waals surface area contributed by atoms with Crippen molar-refractivity contribution in [1.82, 2.24) is 5.01 Å². The van der Waals surface area contributed by atoms with Crippen molar-refractivity contribution in [2.75, 3.05) is 0 Å². The van der Waals surface area contributed by atoms with Gasteiger partial charge in [0, 0.05) is 0 Å². The zero-order valence-electron chi connectivity index (χ0n) is 11.9. The van der Waals surface area contributed by atoms with Crippen molar-refractivity contribution in [3.63, 3.8) is 0 Å². The summed E-state index contributed by atoms with van der Waals surface area (Å²) in [4.78, 5) is 12.9. The third-order valence-corrected chi connectivity index (χ3v) is 4.35. The third-order valence-electron chi connectivity index (χ3n) is 3.06. The van der Waals surface area contributed by atoms with E-state index in [4.69, 9.17) is 12.2 Å². The Morgan fingerprint density at radius 2 is 1.83 bits per heavy atom. The van der Waals surface area contributed by atoms with E-state index >= 15 is 0 Å². The lowest BCUT2D eigenvalue weighted by Crippen LogP contribution is -2.22. The van der Waals surface area contributed by atoms with Crippen LogP contribution in [0.1, 0.15) is 11.1 Å². The molecule has 3 rings (SSSR count). The van der Waals surface area contributed by atoms with Gasteiger partial charge in [-0.1, -0.05) is 54.2 Å². The van der Waals surface area contributed by atoms with E-state index in [0.717, 1.165) is 11.1 Å². The van der Waals surface area contributed by atoms with Gasteiger partial charge in [-0.25, -0.2) is 0 Å². The summed E-state index contributed by atoms with van der Waals surface area (Å²) < 4.78 is 0.383. The first-order valence-electron chi connectivity index (χ1n) is 6.79. The number of thiocarbonyl (C=S) groups is 1. The van der Waals surface area contributed by atoms with Gasteiger partial charge in [-0.3, -0.25) is 4.79 Å². The fourth-order valence-corrected chi connectivity index (χ4v) is 3.16. The number of phenols is 1. The highest BCUT2D eigenvalue weighted by atomic mass is 32.2. The van der Waals surface area contributed by atoms with E-state index in [-0.39, 0.29) is 11.7 Å². The predicted octanol–water partition coefficient (Wildman–Crippen LogP) is 3.63. The minimum absolute atomic E-state index is 0.149. The fourth-order valence-electron chi connectivity index (χ4n) is 1.99. The summed E-state index contributed by atoms with van der Waals surface area (Å²) in [6.07, 6.45) is 3.29. The van der Waals surface area contributed by atoms with Gasteiger partial charge in [0.05, 0.1) is 11.1 Å². The number of thioether (sulfide) groups is 1. The molecule has 0 unspecified atom stereocenters. The van der Waals surface area contributed by atoms with Crippen molar-refractivity contribution in [2.45, 2.75) is 0 Å². The highest BCUT2D eigenvalue weighted by molar-refractivity contribution is 8.26. The Bertz CT molecular complexity index is 816. The van der Waals surface area contributed by atoms with Gasteiger partial charge in [-0.15, -0.1) is 0 Å². The number of hydrogen-bond donors (Lipinski definition) is 1. The van der Waals surface area contributed by atoms with Crippen LogP contribution in [0.4, 0.5) is 0 Å². The minimum Gasteiger partial charge on any atom is -0.508 e. The number of carbonyl (C=O) groups is 1. The van der Waals surface area contributed by atoms with Crippen molar-refractivity contribution < 1.29 is 9.90 Å². The zero-order chi connectivity index (χ0) is 16.2. The SMILES string of the molecule is O=C1/C(=C\c2cccc(O)c2)SC(=S)N1/N=C/c1ccccc1. The van der Waals surface area contributed by atoms with E-state index in [9.17, 15) is 9.90 Å². The van der Waals surface area contributed by atoms with Gasteiger partial charge >= 0.3 is 0 Å². The molecule has 1 aliphatic heterocycles. The molecule has 0 radical (unpaired) electrons. The van der Waals surface area contributed by atoms with Crippen LogP contribution in [-0.2, 0) is 4.79 Å². The van der Waals surface area contributed by atoms with Crippen LogP contribution in [0, 0.1) is 0 Å². The fraction of sp³-hybridized carbons (Fsp3) is 0. The number of hydrazone groups is 1. The van der Waals surface area contributed by atoms with Gasteiger partial charge in [0.2, 0.25) is 0 Å². The molecule has 0 aliphatic carbocycles. The second kappa shape index (κ2) is 6.76. The second-order valence-electron chi connectivity index (χ2n) is 4.74. The van der Waals surface area contributed by atoms with Crippen molar-refractivity contribution >= 4 is 46.5 Å². The van der Waals surface area contributed by atoms with E-state index in [1.165, 1.54) is 16.8 Å². The molecule has 6 heteroatoms. The Balaban J connectivity index is 1.81. The summed E-state index contributed by atoms with van der Waals surface area (Å²) >= 11 is 6.41. The van der Waals surface area contributed by atoms with Crippen LogP contribution in [-0.4, -0.2) is 26.6 Å². The molecule has 1 N–H and O–H groups in total. The lowest BCUT2D eigenvalue weighted by Gasteiger charge is -2.05. The molecule has 4 nitrogen and oxygen atoms in total. The topological polar surface area (TPSA) is 52.9 Å². The van der Waals surface area contributed by atoms with Gasteiger partial charge in [0.25, 0.3) is 5.91 Å². The average molecular weight is 340 g/mol. The molecule has 1 aliphatic rings. The monoisotopic (exact) mass is 340 g/mol. The number of hydrogen-bond acceptors (Lipinski definition) is 5. The molecule has 0 bridgehead atoms. The smallest absolute Gasteiger partial charge is 0.286 e. The van der Waals surface area contributed by atoms with E-state index in [1.807, 2.05) is 30.3 Å². The molecule has 0 aromatic heterocycles. The van der Waals surface area contributed by atoms with E-state index in [2.05, 4.69) is 5.10 Å². The summed E-state index contributed by atoms with van der Waals surface area (Å²) in [5.41, 5.74) is 1.62. The first-order valence-corrected chi connectivity index (χ1v) is 8.02. The van der Waals surface area contributed by atoms with E-state index in [0.29, 0.717) is 9.23 Å². The molecule has 1 saturated heterocycles. The Morgan fingerprint density at radius 1 is 1.09 bits per heavy atom. The van der Waals surface area contributed by atoms with Crippen LogP contribution >= 0.6 is 24.0 Å². The maximum absolute atomic E-state index is 12.4. The Morgan fingerprint density at radius 3 is 2.57 bits per heavy atom. The molecule has 2 aromatic carbocycles. The van der Waals surface area contributed by atoms with Crippen LogP contribution in [0.25, 0.3) is 6.08 Å². The number of benzene rings is 2. The lowest BCUT2D eigenvalue weighted by molar-refractivity contribution is -0.122. The lowest BCUT2D eigenvalue weighted by atomic mass is 10.2. The largest absolute Gasteiger partial charge is 0.508 e. The second-order valence-corrected chi connectivity index (χ2v) is 6.42. The molecule has 0 saturated carbocycles. The summed E-state index contributed by atoms with van der Waals surface area (Å²) in [7, 11) is 0. The molecule has 1 amide bonds. The van der Waals surface area contributed by atoms with Crippen LogP contribution in [0.15, 0.2) is 64.6 Å². The summed E-state index contributed by atoms with van der Waals surface area (Å²) in [6, 6.07) is 16.2. The van der Waals surface area contributed by atoms with Crippen LogP contribution in [0.2, 0.25) is 0 Å². The molecule has 114 valence electrons. The molecular formula is C17H12N2O2S2. The maximum atomic E-state index is 12.4. The average Bonchev–Trinajstić information content (AvgIpc) is 2.80. The molecule has 1 fully saturated rings. The van der Waals surface area contributed by atoms with Gasteiger partial charge in [0.15, 0.2) is 4.32 Å². The number of aromatic hydroxyl groups is 1. The van der Waals surface area contributed by atoms with Crippen LogP contribution in [0.5, 0.6) is 5.75 Å². The number of carbonyl (C=O) groups excluding carboxylic acids is 1. The quantitative estimate of drug-likeness (QED) is 0.527. The molecule has 0 spiro atoms. The van der Waals surface area contributed by atoms with Gasteiger partial charge in [0.1, 0.15) is 5.75 Å². The Labute approximate surface area is 143 Å². The van der Waals surface area contributed by atoms with Crippen LogP contribution in [0.3, 0.4) is 0 Å². The number of phenolic OH excluding ortho intramolecular Hbond substituents is 1. The number of rotatable bonds is 3. The molecule has 0 atom stereocenters. The predicted molar refractivity (Wildman–Crippen MR) is 97.2 cm³/mol. The number of amides is 1. The van der Waals surface area contributed by atoms with E-state index in [1.54, 1.807) is 36.6 Å². The highest BCUT2D eigenvalue weighted by Crippen LogP contribution is 2.33.